The van der Waals surface area contributed by atoms with Crippen molar-refractivity contribution in [3.8, 4) is 0 Å². The van der Waals surface area contributed by atoms with E-state index in [-0.39, 0.29) is 11.6 Å². The minimum atomic E-state index is -4.52. The first-order valence-electron chi connectivity index (χ1n) is 6.02. The second-order valence-electron chi connectivity index (χ2n) is 4.57. The second-order valence-corrected chi connectivity index (χ2v) is 4.57. The van der Waals surface area contributed by atoms with Crippen LogP contribution in [0, 0.1) is 5.92 Å². The van der Waals surface area contributed by atoms with Crippen LogP contribution in [-0.2, 0) is 11.0 Å². The summed E-state index contributed by atoms with van der Waals surface area (Å²) in [6.07, 6.45) is 0.642. The molecule has 1 aliphatic heterocycles. The summed E-state index contributed by atoms with van der Waals surface area (Å²) in [5.41, 5.74) is 0.135. The maximum atomic E-state index is 12.3. The molecule has 1 saturated heterocycles. The number of allylic oxidation sites excluding steroid dienone is 1. The Morgan fingerprint density at radius 2 is 2.25 bits per heavy atom. The summed E-state index contributed by atoms with van der Waals surface area (Å²) in [6.45, 7) is 4.68. The van der Waals surface area contributed by atoms with Gasteiger partial charge in [0, 0.05) is 19.2 Å². The number of hydrogen-bond acceptors (Lipinski definition) is 3. The monoisotopic (exact) mass is 286 g/mol. The van der Waals surface area contributed by atoms with Crippen molar-refractivity contribution in [2.24, 2.45) is 5.92 Å². The standard InChI is InChI=1S/C13H13F3N2O2/c1-2-12(19)18-7-9(8-18)4-3-5-10-6-11(20-17-10)13(14,15)16/h2-3,5-6,9H,1,4,7-8H2/b5-3-. The van der Waals surface area contributed by atoms with E-state index in [1.54, 1.807) is 11.0 Å². The van der Waals surface area contributed by atoms with E-state index in [0.29, 0.717) is 25.4 Å². The van der Waals surface area contributed by atoms with Crippen molar-refractivity contribution in [3.63, 3.8) is 0 Å². The van der Waals surface area contributed by atoms with Crippen LogP contribution in [0.5, 0.6) is 0 Å². The molecule has 1 aromatic heterocycles. The molecule has 0 unspecified atom stereocenters. The Kier molecular flexibility index (Phi) is 3.96. The van der Waals surface area contributed by atoms with E-state index in [1.165, 1.54) is 12.2 Å². The van der Waals surface area contributed by atoms with Crippen molar-refractivity contribution in [1.82, 2.24) is 10.1 Å². The van der Waals surface area contributed by atoms with Crippen molar-refractivity contribution in [2.75, 3.05) is 13.1 Å². The Bertz CT molecular complexity index is 528. The van der Waals surface area contributed by atoms with Crippen LogP contribution in [-0.4, -0.2) is 29.1 Å². The minimum Gasteiger partial charge on any atom is -0.351 e. The lowest BCUT2D eigenvalue weighted by Crippen LogP contribution is -2.49. The second kappa shape index (κ2) is 5.52. The summed E-state index contributed by atoms with van der Waals surface area (Å²) < 4.78 is 41.0. The van der Waals surface area contributed by atoms with Crippen LogP contribution >= 0.6 is 0 Å². The highest BCUT2D eigenvalue weighted by Gasteiger charge is 2.35. The lowest BCUT2D eigenvalue weighted by Gasteiger charge is -2.38. The topological polar surface area (TPSA) is 46.3 Å². The molecule has 2 heterocycles. The molecule has 1 fully saturated rings. The first-order chi connectivity index (χ1) is 9.40. The first-order valence-corrected chi connectivity index (χ1v) is 6.02. The van der Waals surface area contributed by atoms with E-state index in [9.17, 15) is 18.0 Å². The van der Waals surface area contributed by atoms with E-state index in [2.05, 4.69) is 16.3 Å². The van der Waals surface area contributed by atoms with Gasteiger partial charge < -0.3 is 9.42 Å². The fourth-order valence-corrected chi connectivity index (χ4v) is 1.91. The van der Waals surface area contributed by atoms with Gasteiger partial charge in [-0.05, 0) is 24.5 Å². The van der Waals surface area contributed by atoms with E-state index in [0.717, 1.165) is 6.07 Å². The number of carbonyl (C=O) groups excluding carboxylic acids is 1. The lowest BCUT2D eigenvalue weighted by atomic mass is 9.96. The average molecular weight is 286 g/mol. The molecule has 0 aromatic carbocycles. The van der Waals surface area contributed by atoms with E-state index < -0.39 is 11.9 Å². The molecule has 1 amide bonds. The van der Waals surface area contributed by atoms with Crippen molar-refractivity contribution in [2.45, 2.75) is 12.6 Å². The number of hydrogen-bond donors (Lipinski definition) is 0. The van der Waals surface area contributed by atoms with Crippen molar-refractivity contribution >= 4 is 12.0 Å². The molecule has 4 nitrogen and oxygen atoms in total. The molecule has 2 rings (SSSR count). The molecule has 20 heavy (non-hydrogen) atoms. The summed E-state index contributed by atoms with van der Waals surface area (Å²) in [7, 11) is 0. The van der Waals surface area contributed by atoms with Gasteiger partial charge in [0.25, 0.3) is 0 Å². The molecule has 7 heteroatoms. The average Bonchev–Trinajstić information content (AvgIpc) is 2.79. The van der Waals surface area contributed by atoms with E-state index >= 15 is 0 Å². The number of amides is 1. The zero-order chi connectivity index (χ0) is 14.8. The van der Waals surface area contributed by atoms with Gasteiger partial charge in [0.2, 0.25) is 11.7 Å². The van der Waals surface area contributed by atoms with Gasteiger partial charge in [-0.15, -0.1) is 0 Å². The molecule has 1 aliphatic rings. The highest BCUT2D eigenvalue weighted by atomic mass is 19.4. The highest BCUT2D eigenvalue weighted by Crippen LogP contribution is 2.29. The van der Waals surface area contributed by atoms with Gasteiger partial charge in [-0.25, -0.2) is 0 Å². The van der Waals surface area contributed by atoms with Crippen LogP contribution in [0.15, 0.2) is 29.3 Å². The Hall–Kier alpha value is -2.05. The third-order valence-corrected chi connectivity index (χ3v) is 3.01. The summed E-state index contributed by atoms with van der Waals surface area (Å²) in [4.78, 5) is 12.8. The number of nitrogens with zero attached hydrogens (tertiary/aromatic N) is 2. The molecular weight excluding hydrogens is 273 g/mol. The molecule has 108 valence electrons. The Morgan fingerprint density at radius 3 is 2.80 bits per heavy atom. The zero-order valence-corrected chi connectivity index (χ0v) is 10.6. The SMILES string of the molecule is C=CC(=O)N1CC(C/C=C\c2cc(C(F)(F)F)on2)C1. The summed E-state index contributed by atoms with van der Waals surface area (Å²) >= 11 is 0. The first kappa shape index (κ1) is 14.4. The van der Waals surface area contributed by atoms with Crippen molar-refractivity contribution in [3.05, 3.63) is 36.3 Å². The normalized spacial score (nSPS) is 16.4. The molecule has 0 bridgehead atoms. The lowest BCUT2D eigenvalue weighted by molar-refractivity contribution is -0.155. The number of aromatic nitrogens is 1. The zero-order valence-electron chi connectivity index (χ0n) is 10.6. The Balaban J connectivity index is 1.79. The minimum absolute atomic E-state index is 0.100. The highest BCUT2D eigenvalue weighted by molar-refractivity contribution is 5.87. The van der Waals surface area contributed by atoms with Crippen LogP contribution in [0.3, 0.4) is 0 Å². The maximum absolute atomic E-state index is 12.3. The molecule has 0 aliphatic carbocycles. The van der Waals surface area contributed by atoms with Gasteiger partial charge in [-0.3, -0.25) is 4.79 Å². The molecule has 0 atom stereocenters. The molecule has 0 saturated carbocycles. The smallest absolute Gasteiger partial charge is 0.351 e. The molecule has 0 spiro atoms. The largest absolute Gasteiger partial charge is 0.452 e. The maximum Gasteiger partial charge on any atom is 0.452 e. The Morgan fingerprint density at radius 1 is 1.55 bits per heavy atom. The van der Waals surface area contributed by atoms with Gasteiger partial charge in [-0.2, -0.15) is 13.2 Å². The van der Waals surface area contributed by atoms with Gasteiger partial charge in [0.1, 0.15) is 5.69 Å². The molecule has 0 N–H and O–H groups in total. The predicted octanol–water partition coefficient (Wildman–Crippen LogP) is 2.74. The summed E-state index contributed by atoms with van der Waals surface area (Å²) in [5.74, 6) is -0.885. The Labute approximate surface area is 113 Å². The van der Waals surface area contributed by atoms with Gasteiger partial charge in [-0.1, -0.05) is 17.8 Å². The third-order valence-electron chi connectivity index (χ3n) is 3.01. The predicted molar refractivity (Wildman–Crippen MR) is 65.4 cm³/mol. The van der Waals surface area contributed by atoms with Crippen LogP contribution in [0.4, 0.5) is 13.2 Å². The molecule has 0 radical (unpaired) electrons. The summed E-state index contributed by atoms with van der Waals surface area (Å²) in [5, 5.41) is 3.32. The fourth-order valence-electron chi connectivity index (χ4n) is 1.91. The number of halogens is 3. The third kappa shape index (κ3) is 3.28. The number of likely N-dealkylation sites (tertiary alicyclic amines) is 1. The molecular formula is C13H13F3N2O2. The summed E-state index contributed by atoms with van der Waals surface area (Å²) in [6, 6.07) is 0.852. The van der Waals surface area contributed by atoms with Crippen LogP contribution in [0.1, 0.15) is 17.9 Å². The van der Waals surface area contributed by atoms with Crippen LogP contribution in [0.25, 0.3) is 6.08 Å². The van der Waals surface area contributed by atoms with Crippen molar-refractivity contribution < 1.29 is 22.5 Å². The number of carbonyl (C=O) groups is 1. The van der Waals surface area contributed by atoms with E-state index in [4.69, 9.17) is 0 Å². The van der Waals surface area contributed by atoms with Gasteiger partial charge >= 0.3 is 6.18 Å². The van der Waals surface area contributed by atoms with Crippen molar-refractivity contribution in [1.29, 1.82) is 0 Å². The van der Waals surface area contributed by atoms with E-state index in [1.807, 2.05) is 0 Å². The molecule has 1 aromatic rings. The van der Waals surface area contributed by atoms with Crippen LogP contribution < -0.4 is 0 Å². The van der Waals surface area contributed by atoms with Gasteiger partial charge in [0.05, 0.1) is 0 Å². The van der Waals surface area contributed by atoms with Gasteiger partial charge in [0.15, 0.2) is 0 Å². The van der Waals surface area contributed by atoms with Crippen LogP contribution in [0.2, 0.25) is 0 Å². The number of alkyl halides is 3. The number of rotatable bonds is 4. The quantitative estimate of drug-likeness (QED) is 0.799. The fraction of sp³-hybridized carbons (Fsp3) is 0.385.